The van der Waals surface area contributed by atoms with Gasteiger partial charge in [0.25, 0.3) is 5.78 Å². The topological polar surface area (TPSA) is 58.8 Å². The Morgan fingerprint density at radius 1 is 1.38 bits per heavy atom. The number of ether oxygens (including phenoxy) is 1. The molecule has 0 radical (unpaired) electrons. The molecule has 0 N–H and O–H groups in total. The van der Waals surface area contributed by atoms with Crippen molar-refractivity contribution in [1.82, 2.24) is 24.5 Å². The molecule has 1 atom stereocenters. The summed E-state index contributed by atoms with van der Waals surface area (Å²) in [5, 5.41) is 4.34. The van der Waals surface area contributed by atoms with Crippen LogP contribution in [0.25, 0.3) is 5.78 Å². The van der Waals surface area contributed by atoms with Crippen molar-refractivity contribution in [3.8, 4) is 0 Å². The summed E-state index contributed by atoms with van der Waals surface area (Å²) in [6.07, 6.45) is 4.02. The van der Waals surface area contributed by atoms with Crippen LogP contribution in [0.5, 0.6) is 0 Å². The second-order valence-electron chi connectivity index (χ2n) is 7.25. The Morgan fingerprint density at radius 2 is 2.21 bits per heavy atom. The van der Waals surface area contributed by atoms with E-state index in [1.807, 2.05) is 11.4 Å². The van der Waals surface area contributed by atoms with Crippen molar-refractivity contribution >= 4 is 11.6 Å². The number of rotatable bonds is 4. The van der Waals surface area contributed by atoms with Gasteiger partial charge in [0.15, 0.2) is 0 Å². The molecule has 4 heterocycles. The predicted molar refractivity (Wildman–Crippen MR) is 92.3 cm³/mol. The summed E-state index contributed by atoms with van der Waals surface area (Å²) in [5.41, 5.74) is 1.25. The number of hydrogen-bond donors (Lipinski definition) is 0. The number of fused-ring (bicyclic) bond motifs is 1. The number of piperidine rings is 1. The third-order valence-corrected chi connectivity index (χ3v) is 5.56. The molecule has 0 saturated carbocycles. The van der Waals surface area contributed by atoms with Crippen LogP contribution in [0.2, 0.25) is 0 Å². The molecule has 2 aliphatic heterocycles. The smallest absolute Gasteiger partial charge is 0.254 e. The van der Waals surface area contributed by atoms with Gasteiger partial charge in [-0.15, -0.1) is 0 Å². The van der Waals surface area contributed by atoms with Crippen molar-refractivity contribution < 1.29 is 4.74 Å². The van der Waals surface area contributed by atoms with Gasteiger partial charge in [-0.05, 0) is 46.2 Å². The lowest BCUT2D eigenvalue weighted by atomic mass is 9.75. The van der Waals surface area contributed by atoms with Gasteiger partial charge in [-0.25, -0.2) is 4.98 Å². The van der Waals surface area contributed by atoms with Crippen molar-refractivity contribution in [2.75, 3.05) is 44.8 Å². The largest absolute Gasteiger partial charge is 0.381 e. The number of likely N-dealkylation sites (N-methyl/N-ethyl adjacent to an activating group) is 1. The van der Waals surface area contributed by atoms with Crippen molar-refractivity contribution in [2.45, 2.75) is 32.2 Å². The van der Waals surface area contributed by atoms with Gasteiger partial charge < -0.3 is 9.64 Å². The van der Waals surface area contributed by atoms with E-state index < -0.39 is 0 Å². The number of aryl methyl sites for hydroxylation is 1. The number of hydrogen-bond acceptors (Lipinski definition) is 6. The van der Waals surface area contributed by atoms with Crippen LogP contribution in [-0.2, 0) is 4.74 Å². The molecule has 0 amide bonds. The third-order valence-electron chi connectivity index (χ3n) is 5.56. The van der Waals surface area contributed by atoms with Crippen LogP contribution in [-0.4, -0.2) is 69.9 Å². The molecule has 2 aliphatic rings. The first-order valence-corrected chi connectivity index (χ1v) is 8.82. The molecular weight excluding hydrogens is 304 g/mol. The zero-order chi connectivity index (χ0) is 16.7. The van der Waals surface area contributed by atoms with Gasteiger partial charge in [-0.2, -0.15) is 14.6 Å². The molecule has 1 spiro atoms. The molecule has 2 saturated heterocycles. The highest BCUT2D eigenvalue weighted by molar-refractivity contribution is 5.51. The van der Waals surface area contributed by atoms with Crippen LogP contribution in [0.4, 0.5) is 5.82 Å². The molecule has 0 unspecified atom stereocenters. The molecule has 130 valence electrons. The van der Waals surface area contributed by atoms with Crippen LogP contribution >= 0.6 is 0 Å². The zero-order valence-electron chi connectivity index (χ0n) is 14.8. The lowest BCUT2D eigenvalue weighted by molar-refractivity contribution is -0.0105. The predicted octanol–water partition coefficient (Wildman–Crippen LogP) is 1.37. The first-order chi connectivity index (χ1) is 11.6. The summed E-state index contributed by atoms with van der Waals surface area (Å²) in [6, 6.07) is 2.11. The molecule has 2 aromatic rings. The molecular formula is C17H26N6O. The van der Waals surface area contributed by atoms with E-state index >= 15 is 0 Å². The molecule has 24 heavy (non-hydrogen) atoms. The third kappa shape index (κ3) is 2.56. The van der Waals surface area contributed by atoms with Gasteiger partial charge in [-0.3, -0.25) is 4.90 Å². The maximum absolute atomic E-state index is 5.68. The van der Waals surface area contributed by atoms with Gasteiger partial charge in [-0.1, -0.05) is 0 Å². The molecule has 7 heteroatoms. The van der Waals surface area contributed by atoms with Crippen molar-refractivity contribution in [2.24, 2.45) is 5.92 Å². The van der Waals surface area contributed by atoms with Crippen LogP contribution in [0.1, 0.15) is 25.5 Å². The highest BCUT2D eigenvalue weighted by Gasteiger charge is 2.50. The molecule has 7 nitrogen and oxygen atoms in total. The summed E-state index contributed by atoms with van der Waals surface area (Å²) >= 11 is 0. The highest BCUT2D eigenvalue weighted by atomic mass is 16.5. The Morgan fingerprint density at radius 3 is 3.00 bits per heavy atom. The van der Waals surface area contributed by atoms with Crippen LogP contribution < -0.4 is 4.90 Å². The lowest BCUT2D eigenvalue weighted by Crippen LogP contribution is -2.72. The second-order valence-corrected chi connectivity index (χ2v) is 7.25. The van der Waals surface area contributed by atoms with Gasteiger partial charge in [0.05, 0.1) is 5.54 Å². The van der Waals surface area contributed by atoms with E-state index in [1.165, 1.54) is 12.8 Å². The van der Waals surface area contributed by atoms with E-state index in [-0.39, 0.29) is 5.54 Å². The second kappa shape index (κ2) is 5.97. The first-order valence-electron chi connectivity index (χ1n) is 8.82. The van der Waals surface area contributed by atoms with Gasteiger partial charge in [0, 0.05) is 38.1 Å². The van der Waals surface area contributed by atoms with Crippen molar-refractivity contribution in [1.29, 1.82) is 0 Å². The fourth-order valence-electron chi connectivity index (χ4n) is 4.17. The number of likely N-dealkylation sites (tertiary alicyclic amines) is 1. The Hall–Kier alpha value is -1.73. The fourth-order valence-corrected chi connectivity index (χ4v) is 4.17. The quantitative estimate of drug-likeness (QED) is 0.844. The average Bonchev–Trinajstić information content (AvgIpc) is 2.99. The van der Waals surface area contributed by atoms with Gasteiger partial charge >= 0.3 is 0 Å². The number of nitrogens with zero attached hydrogens (tertiary/aromatic N) is 6. The number of anilines is 1. The Balaban J connectivity index is 1.52. The van der Waals surface area contributed by atoms with Crippen molar-refractivity contribution in [3.05, 3.63) is 18.1 Å². The minimum atomic E-state index is 0.268. The molecule has 2 fully saturated rings. The Bertz CT molecular complexity index is 721. The Kier molecular flexibility index (Phi) is 3.92. The average molecular weight is 330 g/mol. The summed E-state index contributed by atoms with van der Waals surface area (Å²) in [4.78, 5) is 13.6. The first kappa shape index (κ1) is 15.8. The van der Waals surface area contributed by atoms with Crippen LogP contribution in [0.3, 0.4) is 0 Å². The number of aromatic nitrogens is 4. The van der Waals surface area contributed by atoms with E-state index in [2.05, 4.69) is 44.9 Å². The van der Waals surface area contributed by atoms with E-state index in [0.29, 0.717) is 11.7 Å². The van der Waals surface area contributed by atoms with E-state index in [0.717, 1.165) is 44.4 Å². The van der Waals surface area contributed by atoms with Gasteiger partial charge in [0.1, 0.15) is 12.1 Å². The van der Waals surface area contributed by atoms with Crippen LogP contribution in [0.15, 0.2) is 12.4 Å². The SMILES string of the molecule is CCOC[C@@H]1CCN(C)C2(C1)CN(c1cc(C)nc3ncnn13)C2. The normalized spacial score (nSPS) is 23.8. The van der Waals surface area contributed by atoms with E-state index in [9.17, 15) is 0 Å². The molecule has 0 bridgehead atoms. The lowest BCUT2D eigenvalue weighted by Gasteiger charge is -2.59. The maximum atomic E-state index is 5.68. The fraction of sp³-hybridized carbons (Fsp3) is 0.706. The van der Waals surface area contributed by atoms with Crippen LogP contribution in [0, 0.1) is 12.8 Å². The minimum absolute atomic E-state index is 0.268. The Labute approximate surface area is 142 Å². The van der Waals surface area contributed by atoms with Crippen molar-refractivity contribution in [3.63, 3.8) is 0 Å². The summed E-state index contributed by atoms with van der Waals surface area (Å²) in [7, 11) is 2.26. The standard InChI is InChI=1S/C17H26N6O/c1-4-24-9-14-5-6-21(3)17(8-14)10-22(11-17)15-7-13(2)20-16-18-12-19-23(15)16/h7,12,14H,4-6,8-11H2,1-3H3/t14-/m1/s1. The molecule has 0 aromatic carbocycles. The van der Waals surface area contributed by atoms with Gasteiger partial charge in [0.2, 0.25) is 0 Å². The zero-order valence-corrected chi connectivity index (χ0v) is 14.8. The van der Waals surface area contributed by atoms with E-state index in [4.69, 9.17) is 4.74 Å². The summed E-state index contributed by atoms with van der Waals surface area (Å²) in [6.45, 7) is 9.01. The molecule has 2 aromatic heterocycles. The monoisotopic (exact) mass is 330 g/mol. The highest BCUT2D eigenvalue weighted by Crippen LogP contribution is 2.40. The molecule has 0 aliphatic carbocycles. The molecule has 4 rings (SSSR count). The summed E-state index contributed by atoms with van der Waals surface area (Å²) < 4.78 is 7.53. The van der Waals surface area contributed by atoms with E-state index in [1.54, 1.807) is 6.33 Å². The maximum Gasteiger partial charge on any atom is 0.254 e. The minimum Gasteiger partial charge on any atom is -0.381 e. The summed E-state index contributed by atoms with van der Waals surface area (Å²) in [5.74, 6) is 2.45.